The molecule has 0 radical (unpaired) electrons. The molecule has 0 fully saturated rings. The summed E-state index contributed by atoms with van der Waals surface area (Å²) < 4.78 is 5.18. The highest BCUT2D eigenvalue weighted by atomic mass is 35.5. The van der Waals surface area contributed by atoms with Crippen LogP contribution in [0, 0.1) is 13.8 Å². The van der Waals surface area contributed by atoms with Crippen molar-refractivity contribution >= 4 is 35.2 Å². The molecule has 0 spiro atoms. The minimum Gasteiger partial charge on any atom is -0.456 e. The maximum atomic E-state index is 12.8. The molecule has 0 bridgehead atoms. The number of hydrogen-bond acceptors (Lipinski definition) is 4. The van der Waals surface area contributed by atoms with Crippen molar-refractivity contribution in [2.45, 2.75) is 19.9 Å². The number of nitrogens with one attached hydrogen (secondary N) is 2. The Morgan fingerprint density at radius 1 is 1.20 bits per heavy atom. The minimum absolute atomic E-state index is 0.0701. The Hall–Kier alpha value is -3.32. The molecule has 0 saturated heterocycles. The standard InChI is InChI=1S/C22H20ClN3O4/c1-12-6-5-9-16(13(12)2)24-18(27)10-26-17-11-30-21(28)19(17)20(25-22(26)29)14-7-3-4-8-15(14)23/h3-9,20H,10-11H2,1-2H3,(H,24,27)(H,25,29)/t20-/m0/s1. The number of ether oxygens (including phenoxy) is 1. The van der Waals surface area contributed by atoms with E-state index in [-0.39, 0.29) is 19.1 Å². The Morgan fingerprint density at radius 3 is 2.73 bits per heavy atom. The number of aryl methyl sites for hydroxylation is 1. The van der Waals surface area contributed by atoms with Crippen LogP contribution in [0.25, 0.3) is 0 Å². The van der Waals surface area contributed by atoms with Crippen LogP contribution in [0.1, 0.15) is 22.7 Å². The summed E-state index contributed by atoms with van der Waals surface area (Å²) in [5.74, 6) is -0.906. The van der Waals surface area contributed by atoms with Gasteiger partial charge in [-0.2, -0.15) is 0 Å². The summed E-state index contributed by atoms with van der Waals surface area (Å²) in [6, 6.07) is 11.4. The first kappa shape index (κ1) is 20.0. The zero-order valence-electron chi connectivity index (χ0n) is 16.5. The van der Waals surface area contributed by atoms with Gasteiger partial charge in [0.25, 0.3) is 0 Å². The molecule has 0 aromatic heterocycles. The first-order valence-corrected chi connectivity index (χ1v) is 9.83. The predicted octanol–water partition coefficient (Wildman–Crippen LogP) is 3.47. The first-order valence-electron chi connectivity index (χ1n) is 9.45. The van der Waals surface area contributed by atoms with Crippen LogP contribution in [-0.4, -0.2) is 36.0 Å². The van der Waals surface area contributed by atoms with E-state index in [0.717, 1.165) is 11.1 Å². The number of anilines is 1. The normalized spacial score (nSPS) is 18.1. The third-order valence-electron chi connectivity index (χ3n) is 5.39. The molecule has 30 heavy (non-hydrogen) atoms. The Bertz CT molecular complexity index is 1100. The Labute approximate surface area is 178 Å². The number of esters is 1. The smallest absolute Gasteiger partial charge is 0.338 e. The summed E-state index contributed by atoms with van der Waals surface area (Å²) in [5.41, 5.74) is 3.95. The third-order valence-corrected chi connectivity index (χ3v) is 5.74. The van der Waals surface area contributed by atoms with E-state index in [1.807, 2.05) is 26.0 Å². The molecule has 154 valence electrons. The van der Waals surface area contributed by atoms with Crippen molar-refractivity contribution in [2.75, 3.05) is 18.5 Å². The number of carbonyl (C=O) groups excluding carboxylic acids is 3. The summed E-state index contributed by atoms with van der Waals surface area (Å²) in [7, 11) is 0. The Kier molecular flexibility index (Phi) is 5.22. The lowest BCUT2D eigenvalue weighted by Gasteiger charge is -2.32. The summed E-state index contributed by atoms with van der Waals surface area (Å²) in [6.07, 6.45) is 0. The minimum atomic E-state index is -0.727. The van der Waals surface area contributed by atoms with E-state index in [4.69, 9.17) is 16.3 Å². The van der Waals surface area contributed by atoms with E-state index in [1.54, 1.807) is 30.3 Å². The van der Waals surface area contributed by atoms with Gasteiger partial charge >= 0.3 is 12.0 Å². The van der Waals surface area contributed by atoms with Gasteiger partial charge in [0.15, 0.2) is 0 Å². The predicted molar refractivity (Wildman–Crippen MR) is 112 cm³/mol. The fraction of sp³-hybridized carbons (Fsp3) is 0.227. The molecule has 2 heterocycles. The van der Waals surface area contributed by atoms with Crippen molar-refractivity contribution < 1.29 is 19.1 Å². The molecule has 1 atom stereocenters. The van der Waals surface area contributed by atoms with Crippen LogP contribution >= 0.6 is 11.6 Å². The number of urea groups is 1. The lowest BCUT2D eigenvalue weighted by molar-refractivity contribution is -0.136. The molecular formula is C22H20ClN3O4. The molecule has 7 nitrogen and oxygen atoms in total. The number of amides is 3. The maximum absolute atomic E-state index is 12.8. The van der Waals surface area contributed by atoms with Gasteiger partial charge in [-0.15, -0.1) is 0 Å². The van der Waals surface area contributed by atoms with Gasteiger partial charge in [0, 0.05) is 10.7 Å². The lowest BCUT2D eigenvalue weighted by atomic mass is 9.95. The van der Waals surface area contributed by atoms with Crippen LogP contribution in [0.15, 0.2) is 53.7 Å². The molecular weight excluding hydrogens is 406 g/mol. The molecule has 0 saturated carbocycles. The largest absolute Gasteiger partial charge is 0.456 e. The SMILES string of the molecule is Cc1cccc(NC(=O)CN2C(=O)N[C@@H](c3ccccc3Cl)C3=C2COC3=O)c1C. The van der Waals surface area contributed by atoms with Crippen LogP contribution in [0.3, 0.4) is 0 Å². The fourth-order valence-electron chi connectivity index (χ4n) is 3.64. The summed E-state index contributed by atoms with van der Waals surface area (Å²) in [4.78, 5) is 39.2. The molecule has 2 aromatic carbocycles. The fourth-order valence-corrected chi connectivity index (χ4v) is 3.89. The second kappa shape index (κ2) is 7.84. The van der Waals surface area contributed by atoms with Crippen molar-refractivity contribution in [3.05, 3.63) is 75.4 Å². The zero-order chi connectivity index (χ0) is 21.4. The van der Waals surface area contributed by atoms with Crippen LogP contribution in [-0.2, 0) is 14.3 Å². The van der Waals surface area contributed by atoms with Gasteiger partial charge in [-0.1, -0.05) is 41.9 Å². The zero-order valence-corrected chi connectivity index (χ0v) is 17.2. The quantitative estimate of drug-likeness (QED) is 0.734. The van der Waals surface area contributed by atoms with Gasteiger partial charge < -0.3 is 15.4 Å². The average Bonchev–Trinajstić information content (AvgIpc) is 3.10. The Balaban J connectivity index is 1.62. The highest BCUT2D eigenvalue weighted by Gasteiger charge is 2.43. The molecule has 2 aliphatic rings. The number of rotatable bonds is 4. The van der Waals surface area contributed by atoms with E-state index in [2.05, 4.69) is 10.6 Å². The van der Waals surface area contributed by atoms with Crippen LogP contribution in [0.5, 0.6) is 0 Å². The van der Waals surface area contributed by atoms with E-state index >= 15 is 0 Å². The topological polar surface area (TPSA) is 87.7 Å². The summed E-state index contributed by atoms with van der Waals surface area (Å²) >= 11 is 6.28. The number of benzene rings is 2. The third kappa shape index (κ3) is 3.52. The van der Waals surface area contributed by atoms with Gasteiger partial charge in [0.2, 0.25) is 5.91 Å². The number of carbonyl (C=O) groups is 3. The lowest BCUT2D eigenvalue weighted by Crippen LogP contribution is -2.49. The van der Waals surface area contributed by atoms with Crippen LogP contribution in [0.4, 0.5) is 10.5 Å². The molecule has 8 heteroatoms. The van der Waals surface area contributed by atoms with E-state index in [9.17, 15) is 14.4 Å². The number of cyclic esters (lactones) is 1. The molecule has 0 aliphatic carbocycles. The summed E-state index contributed by atoms with van der Waals surface area (Å²) in [5, 5.41) is 6.04. The molecule has 3 amide bonds. The monoisotopic (exact) mass is 425 g/mol. The molecule has 0 unspecified atom stereocenters. The Morgan fingerprint density at radius 2 is 1.97 bits per heavy atom. The summed E-state index contributed by atoms with van der Waals surface area (Å²) in [6.45, 7) is 3.55. The number of halogens is 1. The highest BCUT2D eigenvalue weighted by Crippen LogP contribution is 2.37. The van der Waals surface area contributed by atoms with Crippen LogP contribution < -0.4 is 10.6 Å². The number of hydrogen-bond donors (Lipinski definition) is 2. The first-order chi connectivity index (χ1) is 14.4. The van der Waals surface area contributed by atoms with Gasteiger partial charge in [0.1, 0.15) is 13.2 Å². The van der Waals surface area contributed by atoms with Crippen molar-refractivity contribution in [2.24, 2.45) is 0 Å². The number of nitrogens with zero attached hydrogens (tertiary/aromatic N) is 1. The van der Waals surface area contributed by atoms with E-state index in [0.29, 0.717) is 27.5 Å². The average molecular weight is 426 g/mol. The second-order valence-corrected chi connectivity index (χ2v) is 7.63. The molecule has 2 aromatic rings. The molecule has 4 rings (SSSR count). The van der Waals surface area contributed by atoms with Crippen molar-refractivity contribution in [1.29, 1.82) is 0 Å². The van der Waals surface area contributed by atoms with Crippen molar-refractivity contribution in [1.82, 2.24) is 10.2 Å². The van der Waals surface area contributed by atoms with E-state index in [1.165, 1.54) is 4.90 Å². The highest BCUT2D eigenvalue weighted by molar-refractivity contribution is 6.31. The van der Waals surface area contributed by atoms with Gasteiger partial charge in [0.05, 0.1) is 17.3 Å². The molecule has 2 aliphatic heterocycles. The van der Waals surface area contributed by atoms with E-state index < -0.39 is 18.0 Å². The van der Waals surface area contributed by atoms with Gasteiger partial charge in [-0.25, -0.2) is 9.59 Å². The molecule has 2 N–H and O–H groups in total. The van der Waals surface area contributed by atoms with Gasteiger partial charge in [-0.3, -0.25) is 9.69 Å². The van der Waals surface area contributed by atoms with Crippen molar-refractivity contribution in [3.8, 4) is 0 Å². The van der Waals surface area contributed by atoms with Gasteiger partial charge in [-0.05, 0) is 42.7 Å². The van der Waals surface area contributed by atoms with Crippen LogP contribution in [0.2, 0.25) is 5.02 Å². The maximum Gasteiger partial charge on any atom is 0.338 e. The second-order valence-electron chi connectivity index (χ2n) is 7.22. The van der Waals surface area contributed by atoms with Crippen molar-refractivity contribution in [3.63, 3.8) is 0 Å².